The number of rotatable bonds is 2. The van der Waals surface area contributed by atoms with Gasteiger partial charge in [-0.3, -0.25) is 0 Å². The van der Waals surface area contributed by atoms with Gasteiger partial charge in [-0.15, -0.1) is 0 Å². The van der Waals surface area contributed by atoms with Crippen LogP contribution in [-0.2, 0) is 0 Å². The molecule has 0 aliphatic carbocycles. The quantitative estimate of drug-likeness (QED) is 0.158. The van der Waals surface area contributed by atoms with Gasteiger partial charge in [0, 0.05) is 51.3 Å². The average molecular weight is 746 g/mol. The van der Waals surface area contributed by atoms with Gasteiger partial charge < -0.3 is 0 Å². The molecule has 0 unspecified atom stereocenters. The van der Waals surface area contributed by atoms with Gasteiger partial charge in [0.2, 0.25) is 0 Å². The Morgan fingerprint density at radius 3 is 1.08 bits per heavy atom. The summed E-state index contributed by atoms with van der Waals surface area (Å²) in [6.07, 6.45) is 0. The van der Waals surface area contributed by atoms with Crippen LogP contribution in [0.15, 0.2) is 127 Å². The number of hydrogen-bond donors (Lipinski definition) is 0. The Morgan fingerprint density at radius 2 is 0.711 bits per heavy atom. The monoisotopic (exact) mass is 742 g/mol. The number of benzene rings is 5. The van der Waals surface area contributed by atoms with Gasteiger partial charge in [-0.1, -0.05) is 128 Å². The average Bonchev–Trinajstić information content (AvgIpc) is 2.94. The Morgan fingerprint density at radius 1 is 0.368 bits per heavy atom. The zero-order valence-corrected chi connectivity index (χ0v) is 26.2. The molecule has 0 N–H and O–H groups in total. The highest BCUT2D eigenvalue weighted by Gasteiger charge is 2.24. The van der Waals surface area contributed by atoms with Gasteiger partial charge in [0.05, 0.1) is 0 Å². The number of halogens is 4. The largest absolute Gasteiger partial charge is 0.0622 e. The van der Waals surface area contributed by atoms with Gasteiger partial charge in [-0.05, 0) is 79.4 Å². The standard InChI is InChI=1S/C34H18Br4/c35-29-17-9-7-15-25(29)31-27(21-19-23-11-3-1-4-12-23)33(37)32(26-16-8-10-18-30(26)36)28(34(31)38)22-20-24-13-5-2-6-14-24/h1-18H. The molecule has 0 saturated carbocycles. The molecule has 0 atom stereocenters. The summed E-state index contributed by atoms with van der Waals surface area (Å²) in [4.78, 5) is 0. The smallest absolute Gasteiger partial charge is 0.0488 e. The zero-order valence-electron chi connectivity index (χ0n) is 19.9. The van der Waals surface area contributed by atoms with Crippen molar-refractivity contribution in [2.45, 2.75) is 0 Å². The zero-order chi connectivity index (χ0) is 26.5. The van der Waals surface area contributed by atoms with E-state index in [2.05, 4.69) is 99.5 Å². The van der Waals surface area contributed by atoms with Crippen molar-refractivity contribution < 1.29 is 0 Å². The molecule has 0 aliphatic rings. The minimum atomic E-state index is 0.878. The third-order valence-electron chi connectivity index (χ3n) is 5.88. The molecule has 0 amide bonds. The van der Waals surface area contributed by atoms with E-state index >= 15 is 0 Å². The fourth-order valence-corrected chi connectivity index (χ4v) is 6.45. The predicted molar refractivity (Wildman–Crippen MR) is 173 cm³/mol. The van der Waals surface area contributed by atoms with Gasteiger partial charge in [0.1, 0.15) is 0 Å². The molecule has 5 rings (SSSR count). The number of hydrogen-bond acceptors (Lipinski definition) is 0. The highest BCUT2D eigenvalue weighted by Crippen LogP contribution is 2.47. The van der Waals surface area contributed by atoms with E-state index in [-0.39, 0.29) is 0 Å². The van der Waals surface area contributed by atoms with Crippen LogP contribution >= 0.6 is 63.7 Å². The Hall–Kier alpha value is -2.86. The molecule has 0 bridgehead atoms. The van der Waals surface area contributed by atoms with Crippen molar-refractivity contribution >= 4 is 63.7 Å². The second-order valence-corrected chi connectivity index (χ2v) is 11.6. The summed E-state index contributed by atoms with van der Waals surface area (Å²) in [5, 5.41) is 0. The lowest BCUT2D eigenvalue weighted by Gasteiger charge is -2.19. The fraction of sp³-hybridized carbons (Fsp3) is 0. The van der Waals surface area contributed by atoms with E-state index in [0.717, 1.165) is 62.4 Å². The Labute approximate surface area is 257 Å². The molecular weight excluding hydrogens is 728 g/mol. The van der Waals surface area contributed by atoms with Crippen molar-refractivity contribution in [1.29, 1.82) is 0 Å². The minimum absolute atomic E-state index is 0.878. The van der Waals surface area contributed by atoms with Crippen molar-refractivity contribution in [1.82, 2.24) is 0 Å². The minimum Gasteiger partial charge on any atom is -0.0622 e. The summed E-state index contributed by atoms with van der Waals surface area (Å²) in [5.74, 6) is 13.7. The molecule has 0 aromatic heterocycles. The van der Waals surface area contributed by atoms with E-state index in [9.17, 15) is 0 Å². The maximum atomic E-state index is 3.98. The van der Waals surface area contributed by atoms with Gasteiger partial charge in [-0.25, -0.2) is 0 Å². The van der Waals surface area contributed by atoms with Crippen LogP contribution in [0, 0.1) is 23.7 Å². The molecule has 5 aromatic rings. The molecule has 5 aromatic carbocycles. The molecule has 0 aliphatic heterocycles. The molecule has 0 radical (unpaired) electrons. The summed E-state index contributed by atoms with van der Waals surface area (Å²) in [7, 11) is 0. The first kappa shape index (κ1) is 26.7. The lowest BCUT2D eigenvalue weighted by molar-refractivity contribution is 1.45. The fourth-order valence-electron chi connectivity index (χ4n) is 4.07. The summed E-state index contributed by atoms with van der Waals surface area (Å²) in [5.41, 5.74) is 7.65. The highest BCUT2D eigenvalue weighted by atomic mass is 79.9. The van der Waals surface area contributed by atoms with Gasteiger partial charge in [-0.2, -0.15) is 0 Å². The van der Waals surface area contributed by atoms with Crippen LogP contribution in [0.1, 0.15) is 22.3 Å². The molecule has 0 heterocycles. The van der Waals surface area contributed by atoms with Crippen LogP contribution in [0.4, 0.5) is 0 Å². The molecular formula is C34H18Br4. The van der Waals surface area contributed by atoms with E-state index in [1.165, 1.54) is 0 Å². The van der Waals surface area contributed by atoms with Crippen LogP contribution in [0.5, 0.6) is 0 Å². The van der Waals surface area contributed by atoms with E-state index in [0.29, 0.717) is 0 Å². The normalized spacial score (nSPS) is 10.2. The lowest BCUT2D eigenvalue weighted by atomic mass is 9.90. The maximum Gasteiger partial charge on any atom is 0.0488 e. The molecule has 0 fully saturated rings. The second kappa shape index (κ2) is 12.3. The molecule has 0 spiro atoms. The predicted octanol–water partition coefficient (Wildman–Crippen LogP) is 10.9. The van der Waals surface area contributed by atoms with Crippen molar-refractivity contribution in [2.24, 2.45) is 0 Å². The summed E-state index contributed by atoms with van der Waals surface area (Å²) >= 11 is 15.5. The Bertz CT molecular complexity index is 1620. The highest BCUT2D eigenvalue weighted by molar-refractivity contribution is 9.11. The third-order valence-corrected chi connectivity index (χ3v) is 8.84. The van der Waals surface area contributed by atoms with Crippen molar-refractivity contribution in [2.75, 3.05) is 0 Å². The first-order chi connectivity index (χ1) is 18.5. The summed E-state index contributed by atoms with van der Waals surface area (Å²) < 4.78 is 3.73. The Balaban J connectivity index is 1.89. The third kappa shape index (κ3) is 5.75. The second-order valence-electron chi connectivity index (χ2n) is 8.32. The molecule has 0 nitrogen and oxygen atoms in total. The van der Waals surface area contributed by atoms with E-state index in [4.69, 9.17) is 0 Å². The molecule has 182 valence electrons. The Kier molecular flexibility index (Phi) is 8.68. The first-order valence-electron chi connectivity index (χ1n) is 11.7. The first-order valence-corrected chi connectivity index (χ1v) is 14.9. The molecule has 38 heavy (non-hydrogen) atoms. The van der Waals surface area contributed by atoms with Crippen molar-refractivity contribution in [3.63, 3.8) is 0 Å². The van der Waals surface area contributed by atoms with Crippen molar-refractivity contribution in [3.8, 4) is 45.9 Å². The van der Waals surface area contributed by atoms with Crippen LogP contribution in [0.2, 0.25) is 0 Å². The van der Waals surface area contributed by atoms with Crippen LogP contribution in [0.25, 0.3) is 22.3 Å². The van der Waals surface area contributed by atoms with Crippen LogP contribution in [0.3, 0.4) is 0 Å². The van der Waals surface area contributed by atoms with Gasteiger partial charge in [0.25, 0.3) is 0 Å². The van der Waals surface area contributed by atoms with Gasteiger partial charge in [0.15, 0.2) is 0 Å². The van der Waals surface area contributed by atoms with Crippen molar-refractivity contribution in [3.05, 3.63) is 149 Å². The topological polar surface area (TPSA) is 0 Å². The van der Waals surface area contributed by atoms with Crippen LogP contribution < -0.4 is 0 Å². The molecule has 4 heteroatoms. The summed E-state index contributed by atoms with van der Waals surface area (Å²) in [6.45, 7) is 0. The van der Waals surface area contributed by atoms with E-state index in [1.54, 1.807) is 0 Å². The maximum absolute atomic E-state index is 3.98. The lowest BCUT2D eigenvalue weighted by Crippen LogP contribution is -1.99. The van der Waals surface area contributed by atoms with E-state index in [1.807, 2.05) is 97.1 Å². The SMILES string of the molecule is Brc1ccccc1-c1c(Br)c(C#Cc2ccccc2)c(-c2ccccc2Br)c(Br)c1C#Cc1ccccc1. The van der Waals surface area contributed by atoms with Crippen LogP contribution in [-0.4, -0.2) is 0 Å². The van der Waals surface area contributed by atoms with E-state index < -0.39 is 0 Å². The molecule has 0 saturated heterocycles. The summed E-state index contributed by atoms with van der Waals surface area (Å²) in [6, 6.07) is 36.4. The van der Waals surface area contributed by atoms with Gasteiger partial charge >= 0.3 is 0 Å².